The molecule has 0 bridgehead atoms. The summed E-state index contributed by atoms with van der Waals surface area (Å²) in [6, 6.07) is 14.9. The van der Waals surface area contributed by atoms with E-state index in [1.807, 2.05) is 25.7 Å². The second kappa shape index (κ2) is 8.74. The first-order valence-corrected chi connectivity index (χ1v) is 10.1. The number of hydrogen-bond acceptors (Lipinski definition) is 3. The molecule has 28 heavy (non-hydrogen) atoms. The number of benzene rings is 2. The van der Waals surface area contributed by atoms with Gasteiger partial charge in [-0.2, -0.15) is 0 Å². The van der Waals surface area contributed by atoms with Gasteiger partial charge in [0.2, 0.25) is 11.8 Å². The molecule has 5 heteroatoms. The monoisotopic (exact) mass is 381 g/mol. The molecular weight excluding hydrogens is 350 g/mol. The van der Waals surface area contributed by atoms with Gasteiger partial charge in [0.25, 0.3) is 0 Å². The molecule has 1 aliphatic heterocycles. The largest absolute Gasteiger partial charge is 0.355 e. The summed E-state index contributed by atoms with van der Waals surface area (Å²) in [6.45, 7) is 10.2. The van der Waals surface area contributed by atoms with Gasteiger partial charge < -0.3 is 10.2 Å². The molecule has 2 amide bonds. The van der Waals surface area contributed by atoms with Crippen molar-refractivity contribution in [3.05, 3.63) is 48.0 Å². The Kier molecular flexibility index (Phi) is 6.35. The van der Waals surface area contributed by atoms with Gasteiger partial charge in [0, 0.05) is 51.1 Å². The highest BCUT2D eigenvalue weighted by atomic mass is 16.2. The maximum absolute atomic E-state index is 12.4. The predicted molar refractivity (Wildman–Crippen MR) is 113 cm³/mol. The van der Waals surface area contributed by atoms with Crippen LogP contribution >= 0.6 is 0 Å². The third kappa shape index (κ3) is 5.10. The summed E-state index contributed by atoms with van der Waals surface area (Å²) >= 11 is 0. The summed E-state index contributed by atoms with van der Waals surface area (Å²) in [7, 11) is 0. The van der Waals surface area contributed by atoms with Crippen LogP contribution < -0.4 is 5.32 Å². The molecule has 0 unspecified atom stereocenters. The van der Waals surface area contributed by atoms with Gasteiger partial charge >= 0.3 is 0 Å². The molecule has 0 aromatic heterocycles. The Labute approximate surface area is 167 Å². The molecule has 2 aromatic rings. The Morgan fingerprint density at radius 2 is 1.64 bits per heavy atom. The molecule has 1 N–H and O–H groups in total. The quantitative estimate of drug-likeness (QED) is 0.866. The normalized spacial score (nSPS) is 15.6. The Morgan fingerprint density at radius 3 is 2.36 bits per heavy atom. The highest BCUT2D eigenvalue weighted by molar-refractivity contribution is 5.85. The van der Waals surface area contributed by atoms with E-state index < -0.39 is 5.41 Å². The highest BCUT2D eigenvalue weighted by Crippen LogP contribution is 2.20. The van der Waals surface area contributed by atoms with Crippen molar-refractivity contribution in [3.63, 3.8) is 0 Å². The lowest BCUT2D eigenvalue weighted by atomic mass is 9.96. The molecule has 150 valence electrons. The minimum atomic E-state index is -0.420. The first-order chi connectivity index (χ1) is 13.3. The number of fused-ring (bicyclic) bond motifs is 1. The smallest absolute Gasteiger partial charge is 0.225 e. The molecule has 0 saturated carbocycles. The van der Waals surface area contributed by atoms with Gasteiger partial charge in [-0.3, -0.25) is 14.5 Å². The van der Waals surface area contributed by atoms with Crippen molar-refractivity contribution in [2.24, 2.45) is 5.41 Å². The first-order valence-electron chi connectivity index (χ1n) is 10.1. The van der Waals surface area contributed by atoms with Crippen molar-refractivity contribution >= 4 is 22.6 Å². The van der Waals surface area contributed by atoms with E-state index in [9.17, 15) is 9.59 Å². The van der Waals surface area contributed by atoms with E-state index in [0.717, 1.165) is 32.7 Å². The van der Waals surface area contributed by atoms with Gasteiger partial charge in [0.1, 0.15) is 0 Å². The van der Waals surface area contributed by atoms with Gasteiger partial charge in [-0.05, 0) is 16.3 Å². The molecule has 1 aliphatic rings. The number of piperazine rings is 1. The fourth-order valence-corrected chi connectivity index (χ4v) is 3.53. The molecule has 0 radical (unpaired) electrons. The summed E-state index contributed by atoms with van der Waals surface area (Å²) in [6.07, 6.45) is 0.366. The van der Waals surface area contributed by atoms with Crippen LogP contribution in [0.15, 0.2) is 42.5 Å². The van der Waals surface area contributed by atoms with Gasteiger partial charge in [-0.25, -0.2) is 0 Å². The van der Waals surface area contributed by atoms with Crippen LogP contribution in [-0.2, 0) is 16.1 Å². The zero-order valence-electron chi connectivity index (χ0n) is 17.2. The zero-order chi connectivity index (χ0) is 20.1. The molecule has 1 fully saturated rings. The molecule has 5 nitrogen and oxygen atoms in total. The summed E-state index contributed by atoms with van der Waals surface area (Å²) < 4.78 is 0. The van der Waals surface area contributed by atoms with Crippen LogP contribution in [0.2, 0.25) is 0 Å². The van der Waals surface area contributed by atoms with E-state index >= 15 is 0 Å². The maximum atomic E-state index is 12.4. The average Bonchev–Trinajstić information content (AvgIpc) is 2.68. The summed E-state index contributed by atoms with van der Waals surface area (Å²) in [5.41, 5.74) is 0.916. The van der Waals surface area contributed by atoms with Gasteiger partial charge in [0.15, 0.2) is 0 Å². The van der Waals surface area contributed by atoms with Gasteiger partial charge in [-0.15, -0.1) is 0 Å². The van der Waals surface area contributed by atoms with E-state index in [0.29, 0.717) is 13.0 Å². The number of carbonyl (C=O) groups is 2. The molecular formula is C23H31N3O2. The van der Waals surface area contributed by atoms with Crippen molar-refractivity contribution in [1.29, 1.82) is 0 Å². The van der Waals surface area contributed by atoms with Crippen LogP contribution in [-0.4, -0.2) is 54.3 Å². The van der Waals surface area contributed by atoms with Crippen molar-refractivity contribution in [3.8, 4) is 0 Å². The van der Waals surface area contributed by atoms with E-state index in [-0.39, 0.29) is 11.8 Å². The van der Waals surface area contributed by atoms with E-state index in [1.54, 1.807) is 0 Å². The number of amides is 2. The lowest BCUT2D eigenvalue weighted by Gasteiger charge is -2.35. The van der Waals surface area contributed by atoms with Gasteiger partial charge in [-0.1, -0.05) is 63.2 Å². The number of nitrogens with zero attached hydrogens (tertiary/aromatic N) is 2. The number of carbonyl (C=O) groups excluding carboxylic acids is 2. The fourth-order valence-electron chi connectivity index (χ4n) is 3.53. The summed E-state index contributed by atoms with van der Waals surface area (Å²) in [5, 5.41) is 5.43. The third-order valence-electron chi connectivity index (χ3n) is 5.30. The summed E-state index contributed by atoms with van der Waals surface area (Å²) in [4.78, 5) is 28.6. The van der Waals surface area contributed by atoms with Crippen LogP contribution in [0.1, 0.15) is 32.8 Å². The second-order valence-electron chi connectivity index (χ2n) is 8.55. The highest BCUT2D eigenvalue weighted by Gasteiger charge is 2.23. The number of hydrogen-bond donors (Lipinski definition) is 1. The third-order valence-corrected chi connectivity index (χ3v) is 5.30. The Bertz CT molecular complexity index is 828. The Balaban J connectivity index is 1.46. The molecule has 0 aliphatic carbocycles. The maximum Gasteiger partial charge on any atom is 0.225 e. The SMILES string of the molecule is CC(C)(C)C(=O)NCCC(=O)N1CCN(Cc2cccc3ccccc23)CC1. The second-order valence-corrected chi connectivity index (χ2v) is 8.55. The average molecular weight is 382 g/mol. The van der Waals surface area contributed by atoms with Crippen molar-refractivity contribution in [1.82, 2.24) is 15.1 Å². The Hall–Kier alpha value is -2.40. The van der Waals surface area contributed by atoms with Crippen molar-refractivity contribution in [2.75, 3.05) is 32.7 Å². The van der Waals surface area contributed by atoms with Gasteiger partial charge in [0.05, 0.1) is 0 Å². The van der Waals surface area contributed by atoms with E-state index in [1.165, 1.54) is 16.3 Å². The van der Waals surface area contributed by atoms with Crippen molar-refractivity contribution < 1.29 is 9.59 Å². The number of nitrogens with one attached hydrogen (secondary N) is 1. The molecule has 2 aromatic carbocycles. The van der Waals surface area contributed by atoms with Crippen LogP contribution in [0.4, 0.5) is 0 Å². The van der Waals surface area contributed by atoms with E-state index in [2.05, 4.69) is 52.7 Å². The molecule has 1 heterocycles. The molecule has 0 spiro atoms. The Morgan fingerprint density at radius 1 is 0.964 bits per heavy atom. The van der Waals surface area contributed by atoms with Crippen LogP contribution in [0.25, 0.3) is 10.8 Å². The molecule has 0 atom stereocenters. The lowest BCUT2D eigenvalue weighted by molar-refractivity contribution is -0.133. The minimum absolute atomic E-state index is 0.0137. The predicted octanol–water partition coefficient (Wildman–Crippen LogP) is 3.04. The number of rotatable bonds is 5. The van der Waals surface area contributed by atoms with Crippen LogP contribution in [0.3, 0.4) is 0 Å². The minimum Gasteiger partial charge on any atom is -0.355 e. The van der Waals surface area contributed by atoms with Crippen LogP contribution in [0.5, 0.6) is 0 Å². The fraction of sp³-hybridized carbons (Fsp3) is 0.478. The summed E-state index contributed by atoms with van der Waals surface area (Å²) in [5.74, 6) is 0.110. The zero-order valence-corrected chi connectivity index (χ0v) is 17.2. The van der Waals surface area contributed by atoms with Crippen molar-refractivity contribution in [2.45, 2.75) is 33.7 Å². The first kappa shape index (κ1) is 20.3. The lowest BCUT2D eigenvalue weighted by Crippen LogP contribution is -2.49. The topological polar surface area (TPSA) is 52.7 Å². The standard InChI is InChI=1S/C23H31N3O2/c1-23(2,3)22(28)24-12-11-21(27)26-15-13-25(14-16-26)17-19-9-6-8-18-7-4-5-10-20(18)19/h4-10H,11-17H2,1-3H3,(H,24,28). The molecule has 3 rings (SSSR count). The molecule has 1 saturated heterocycles. The van der Waals surface area contributed by atoms with Crippen LogP contribution in [0, 0.1) is 5.41 Å². The van der Waals surface area contributed by atoms with E-state index in [4.69, 9.17) is 0 Å².